The average Bonchev–Trinajstić information content (AvgIpc) is 2.98. The summed E-state index contributed by atoms with van der Waals surface area (Å²) in [5, 5.41) is 3.37. The highest BCUT2D eigenvalue weighted by molar-refractivity contribution is 5.33. The summed E-state index contributed by atoms with van der Waals surface area (Å²) in [5.74, 6) is -0.324. The molecule has 1 aliphatic rings. The molecule has 1 aliphatic carbocycles. The molecular weight excluding hydrogens is 220 g/mol. The van der Waals surface area contributed by atoms with Crippen LogP contribution >= 0.6 is 0 Å². The van der Waals surface area contributed by atoms with E-state index in [9.17, 15) is 8.78 Å². The van der Waals surface area contributed by atoms with Gasteiger partial charge in [0.25, 0.3) is 0 Å². The fourth-order valence-electron chi connectivity index (χ4n) is 2.21. The second-order valence-corrected chi connectivity index (χ2v) is 5.43. The minimum Gasteiger partial charge on any atom is -0.316 e. The summed E-state index contributed by atoms with van der Waals surface area (Å²) in [4.78, 5) is 0. The lowest BCUT2D eigenvalue weighted by Gasteiger charge is -2.18. The predicted octanol–water partition coefficient (Wildman–Crippen LogP) is 3.24. The van der Waals surface area contributed by atoms with E-state index < -0.39 is 11.6 Å². The SMILES string of the molecule is CC(C)CNCC1(c2ccc(F)cc2F)CC1. The van der Waals surface area contributed by atoms with Crippen molar-refractivity contribution in [2.75, 3.05) is 13.1 Å². The highest BCUT2D eigenvalue weighted by atomic mass is 19.1. The Kier molecular flexibility index (Phi) is 3.48. The van der Waals surface area contributed by atoms with Crippen LogP contribution in [0.15, 0.2) is 18.2 Å². The van der Waals surface area contributed by atoms with Crippen LogP contribution in [0.1, 0.15) is 32.3 Å². The Morgan fingerprint density at radius 3 is 2.53 bits per heavy atom. The maximum absolute atomic E-state index is 13.7. The van der Waals surface area contributed by atoms with Gasteiger partial charge in [0.15, 0.2) is 0 Å². The van der Waals surface area contributed by atoms with Crippen LogP contribution in [-0.2, 0) is 5.41 Å². The summed E-state index contributed by atoms with van der Waals surface area (Å²) < 4.78 is 26.6. The van der Waals surface area contributed by atoms with Crippen LogP contribution < -0.4 is 5.32 Å². The first kappa shape index (κ1) is 12.5. The van der Waals surface area contributed by atoms with E-state index in [1.54, 1.807) is 6.07 Å². The topological polar surface area (TPSA) is 12.0 Å². The summed E-state index contributed by atoms with van der Waals surface area (Å²) in [5.41, 5.74) is 0.572. The van der Waals surface area contributed by atoms with Gasteiger partial charge in [-0.25, -0.2) is 8.78 Å². The van der Waals surface area contributed by atoms with Crippen molar-refractivity contribution in [3.63, 3.8) is 0 Å². The molecule has 1 fully saturated rings. The Hall–Kier alpha value is -0.960. The van der Waals surface area contributed by atoms with Gasteiger partial charge in [-0.1, -0.05) is 19.9 Å². The lowest BCUT2D eigenvalue weighted by atomic mass is 9.95. The van der Waals surface area contributed by atoms with Gasteiger partial charge in [-0.2, -0.15) is 0 Å². The number of hydrogen-bond acceptors (Lipinski definition) is 1. The van der Waals surface area contributed by atoms with Crippen molar-refractivity contribution in [2.24, 2.45) is 5.92 Å². The van der Waals surface area contributed by atoms with E-state index in [2.05, 4.69) is 19.2 Å². The number of hydrogen-bond donors (Lipinski definition) is 1. The minimum atomic E-state index is -0.503. The third-order valence-electron chi connectivity index (χ3n) is 3.37. The van der Waals surface area contributed by atoms with Gasteiger partial charge >= 0.3 is 0 Å². The first-order valence-corrected chi connectivity index (χ1v) is 6.20. The van der Waals surface area contributed by atoms with Gasteiger partial charge in [-0.15, -0.1) is 0 Å². The van der Waals surface area contributed by atoms with Gasteiger partial charge in [0.1, 0.15) is 11.6 Å². The summed E-state index contributed by atoms with van der Waals surface area (Å²) in [6, 6.07) is 3.92. The lowest BCUT2D eigenvalue weighted by Crippen LogP contribution is -2.30. The normalized spacial score (nSPS) is 17.5. The molecule has 0 radical (unpaired) electrons. The van der Waals surface area contributed by atoms with E-state index in [1.165, 1.54) is 6.07 Å². The van der Waals surface area contributed by atoms with E-state index in [-0.39, 0.29) is 5.41 Å². The predicted molar refractivity (Wildman–Crippen MR) is 65.0 cm³/mol. The minimum absolute atomic E-state index is 0.0906. The molecule has 0 spiro atoms. The van der Waals surface area contributed by atoms with Crippen LogP contribution in [0.5, 0.6) is 0 Å². The molecule has 1 aromatic rings. The van der Waals surface area contributed by atoms with Gasteiger partial charge in [0.2, 0.25) is 0 Å². The summed E-state index contributed by atoms with van der Waals surface area (Å²) in [6.07, 6.45) is 1.97. The number of nitrogens with one attached hydrogen (secondary N) is 1. The Bertz CT molecular complexity index is 397. The second kappa shape index (κ2) is 4.73. The van der Waals surface area contributed by atoms with Crippen LogP contribution in [0.25, 0.3) is 0 Å². The Morgan fingerprint density at radius 1 is 1.29 bits per heavy atom. The fraction of sp³-hybridized carbons (Fsp3) is 0.571. The number of rotatable bonds is 5. The van der Waals surface area contributed by atoms with Crippen molar-refractivity contribution in [3.05, 3.63) is 35.4 Å². The number of benzene rings is 1. The molecule has 0 heterocycles. The van der Waals surface area contributed by atoms with Crippen LogP contribution in [0.2, 0.25) is 0 Å². The number of halogens is 2. The molecular formula is C14H19F2N. The molecule has 1 N–H and O–H groups in total. The molecule has 2 rings (SSSR count). The van der Waals surface area contributed by atoms with E-state index >= 15 is 0 Å². The van der Waals surface area contributed by atoms with Crippen molar-refractivity contribution >= 4 is 0 Å². The molecule has 1 saturated carbocycles. The van der Waals surface area contributed by atoms with Gasteiger partial charge in [-0.3, -0.25) is 0 Å². The molecule has 3 heteroatoms. The smallest absolute Gasteiger partial charge is 0.129 e. The molecule has 0 amide bonds. The second-order valence-electron chi connectivity index (χ2n) is 5.43. The van der Waals surface area contributed by atoms with Crippen LogP contribution in [0.3, 0.4) is 0 Å². The van der Waals surface area contributed by atoms with Gasteiger partial charge in [0.05, 0.1) is 0 Å². The van der Waals surface area contributed by atoms with Gasteiger partial charge < -0.3 is 5.32 Å². The molecule has 0 bridgehead atoms. The maximum Gasteiger partial charge on any atom is 0.129 e. The summed E-state index contributed by atoms with van der Waals surface area (Å²) in [6.45, 7) is 6.01. The molecule has 17 heavy (non-hydrogen) atoms. The fourth-order valence-corrected chi connectivity index (χ4v) is 2.21. The molecule has 0 aromatic heterocycles. The Balaban J connectivity index is 2.05. The van der Waals surface area contributed by atoms with Gasteiger partial charge in [0, 0.05) is 18.0 Å². The van der Waals surface area contributed by atoms with Gasteiger partial charge in [-0.05, 0) is 36.9 Å². The van der Waals surface area contributed by atoms with E-state index in [1.807, 2.05) is 0 Å². The molecule has 0 aliphatic heterocycles. The molecule has 1 nitrogen and oxygen atoms in total. The quantitative estimate of drug-likeness (QED) is 0.831. The van der Waals surface area contributed by atoms with Crippen molar-refractivity contribution < 1.29 is 8.78 Å². The van der Waals surface area contributed by atoms with E-state index in [0.29, 0.717) is 11.5 Å². The highest BCUT2D eigenvalue weighted by Crippen LogP contribution is 2.48. The van der Waals surface area contributed by atoms with Crippen molar-refractivity contribution in [1.82, 2.24) is 5.32 Å². The Morgan fingerprint density at radius 2 is 2.00 bits per heavy atom. The average molecular weight is 239 g/mol. The zero-order valence-corrected chi connectivity index (χ0v) is 10.4. The van der Waals surface area contributed by atoms with Crippen LogP contribution in [0.4, 0.5) is 8.78 Å². The maximum atomic E-state index is 13.7. The third kappa shape index (κ3) is 2.83. The van der Waals surface area contributed by atoms with E-state index in [0.717, 1.165) is 32.0 Å². The Labute approximate surface area is 101 Å². The monoisotopic (exact) mass is 239 g/mol. The van der Waals surface area contributed by atoms with Crippen LogP contribution in [0, 0.1) is 17.6 Å². The molecule has 94 valence electrons. The highest BCUT2D eigenvalue weighted by Gasteiger charge is 2.45. The van der Waals surface area contributed by atoms with Crippen molar-refractivity contribution in [2.45, 2.75) is 32.1 Å². The molecule has 0 atom stereocenters. The summed E-state index contributed by atoms with van der Waals surface area (Å²) >= 11 is 0. The lowest BCUT2D eigenvalue weighted by molar-refractivity contribution is 0.489. The van der Waals surface area contributed by atoms with Crippen molar-refractivity contribution in [3.8, 4) is 0 Å². The van der Waals surface area contributed by atoms with Crippen LogP contribution in [-0.4, -0.2) is 13.1 Å². The third-order valence-corrected chi connectivity index (χ3v) is 3.37. The zero-order chi connectivity index (χ0) is 12.5. The molecule has 1 aromatic carbocycles. The first-order valence-electron chi connectivity index (χ1n) is 6.20. The van der Waals surface area contributed by atoms with Crippen molar-refractivity contribution in [1.29, 1.82) is 0 Å². The summed E-state index contributed by atoms with van der Waals surface area (Å²) in [7, 11) is 0. The zero-order valence-electron chi connectivity index (χ0n) is 10.4. The molecule has 0 unspecified atom stereocenters. The standard InChI is InChI=1S/C14H19F2N/c1-10(2)8-17-9-14(5-6-14)12-4-3-11(15)7-13(12)16/h3-4,7,10,17H,5-6,8-9H2,1-2H3. The molecule has 0 saturated heterocycles. The van der Waals surface area contributed by atoms with E-state index in [4.69, 9.17) is 0 Å². The first-order chi connectivity index (χ1) is 8.03. The largest absolute Gasteiger partial charge is 0.316 e.